The Morgan fingerprint density at radius 1 is 1.24 bits per heavy atom. The Balaban J connectivity index is 1.47. The number of piperidine rings is 1. The van der Waals surface area contributed by atoms with Crippen molar-refractivity contribution < 1.29 is 9.18 Å². The number of likely N-dealkylation sites (tertiary alicyclic amines) is 1. The van der Waals surface area contributed by atoms with Gasteiger partial charge in [0.2, 0.25) is 0 Å². The van der Waals surface area contributed by atoms with Gasteiger partial charge < -0.3 is 15.2 Å². The Kier molecular flexibility index (Phi) is 5.78. The highest BCUT2D eigenvalue weighted by Gasteiger charge is 2.32. The Morgan fingerprint density at radius 2 is 2.09 bits per heavy atom. The van der Waals surface area contributed by atoms with Crippen molar-refractivity contribution in [3.63, 3.8) is 0 Å². The number of anilines is 1. The van der Waals surface area contributed by atoms with Crippen LogP contribution < -0.4 is 4.90 Å². The van der Waals surface area contributed by atoms with Crippen molar-refractivity contribution in [3.8, 4) is 0 Å². The van der Waals surface area contributed by atoms with Crippen molar-refractivity contribution >= 4 is 35.2 Å². The molecule has 2 aliphatic rings. The van der Waals surface area contributed by atoms with E-state index < -0.39 is 5.82 Å². The Hall–Kier alpha value is -3.00. The van der Waals surface area contributed by atoms with E-state index in [1.54, 1.807) is 9.42 Å². The molecule has 2 saturated heterocycles. The average Bonchev–Trinajstić information content (AvgIpc) is 3.46. The molecule has 2 atom stereocenters. The van der Waals surface area contributed by atoms with E-state index in [1.165, 1.54) is 24.4 Å². The highest BCUT2D eigenvalue weighted by atomic mass is 35.5. The van der Waals surface area contributed by atoms with E-state index in [-0.39, 0.29) is 28.5 Å². The lowest BCUT2D eigenvalue weighted by Gasteiger charge is -2.35. The van der Waals surface area contributed by atoms with Crippen LogP contribution in [0.5, 0.6) is 0 Å². The summed E-state index contributed by atoms with van der Waals surface area (Å²) in [6.45, 7) is 4.27. The number of halogens is 2. The van der Waals surface area contributed by atoms with Crippen molar-refractivity contribution in [2.75, 3.05) is 24.5 Å². The van der Waals surface area contributed by atoms with Crippen molar-refractivity contribution in [3.05, 3.63) is 58.1 Å². The van der Waals surface area contributed by atoms with Gasteiger partial charge in [-0.15, -0.1) is 0 Å². The molecule has 33 heavy (non-hydrogen) atoms. The Morgan fingerprint density at radius 3 is 2.88 bits per heavy atom. The molecule has 0 saturated carbocycles. The quantitative estimate of drug-likeness (QED) is 0.564. The fourth-order valence-electron chi connectivity index (χ4n) is 4.92. The minimum atomic E-state index is -0.483. The molecule has 2 aromatic heterocycles. The maximum Gasteiger partial charge on any atom is 0.256 e. The second-order valence-electron chi connectivity index (χ2n) is 8.92. The van der Waals surface area contributed by atoms with Gasteiger partial charge in [0.25, 0.3) is 5.91 Å². The topological polar surface area (TPSA) is 77.6 Å². The first kappa shape index (κ1) is 21.8. The molecular weight excluding hydrogens is 443 g/mol. The van der Waals surface area contributed by atoms with Crippen molar-refractivity contribution in [2.24, 2.45) is 5.92 Å². The van der Waals surface area contributed by atoms with Crippen LogP contribution in [0.1, 0.15) is 53.3 Å². The van der Waals surface area contributed by atoms with Gasteiger partial charge in [0, 0.05) is 49.6 Å². The zero-order valence-electron chi connectivity index (χ0n) is 18.5. The van der Waals surface area contributed by atoms with E-state index in [1.807, 2.05) is 19.2 Å². The summed E-state index contributed by atoms with van der Waals surface area (Å²) in [6, 6.07) is 5.60. The summed E-state index contributed by atoms with van der Waals surface area (Å²) < 4.78 is 15.6. The third-order valence-electron chi connectivity index (χ3n) is 6.65. The SMILES string of the molecule is Cc1cn2nc(C3CCCCN3C(=O)c3cc(F)ccc3Cl)cc2nc1N1CCC(C=N)C1. The lowest BCUT2D eigenvalue weighted by molar-refractivity contribution is 0.0605. The second-order valence-corrected chi connectivity index (χ2v) is 9.32. The number of carbonyl (C=O) groups is 1. The molecule has 0 bridgehead atoms. The standard InChI is InChI=1S/C24H26ClFN6O/c1-15-13-32-22(28-23(15)30-9-7-16(12-27)14-30)11-20(29-32)21-4-2-3-8-31(21)24(33)18-10-17(26)5-6-19(18)25/h5-6,10-13,16,21,27H,2-4,7-9,14H2,1H3. The average molecular weight is 469 g/mol. The summed E-state index contributed by atoms with van der Waals surface area (Å²) in [5, 5.41) is 12.6. The van der Waals surface area contributed by atoms with Crippen molar-refractivity contribution in [1.82, 2.24) is 19.5 Å². The monoisotopic (exact) mass is 468 g/mol. The van der Waals surface area contributed by atoms with E-state index in [0.29, 0.717) is 6.54 Å². The smallest absolute Gasteiger partial charge is 0.256 e. The predicted molar refractivity (Wildman–Crippen MR) is 126 cm³/mol. The van der Waals surface area contributed by atoms with Crippen LogP contribution in [0.25, 0.3) is 5.65 Å². The maximum atomic E-state index is 13.8. The van der Waals surface area contributed by atoms with E-state index in [4.69, 9.17) is 27.1 Å². The molecule has 1 aromatic carbocycles. The summed E-state index contributed by atoms with van der Waals surface area (Å²) in [7, 11) is 0. The van der Waals surface area contributed by atoms with Crippen LogP contribution >= 0.6 is 11.6 Å². The maximum absolute atomic E-state index is 13.8. The van der Waals surface area contributed by atoms with E-state index >= 15 is 0 Å². The predicted octanol–water partition coefficient (Wildman–Crippen LogP) is 4.67. The van der Waals surface area contributed by atoms with Gasteiger partial charge in [-0.25, -0.2) is 13.9 Å². The molecule has 7 nitrogen and oxygen atoms in total. The molecule has 9 heteroatoms. The summed E-state index contributed by atoms with van der Waals surface area (Å²) in [5.41, 5.74) is 2.70. The largest absolute Gasteiger partial charge is 0.356 e. The molecule has 1 N–H and O–H groups in total. The molecule has 5 rings (SSSR count). The summed E-state index contributed by atoms with van der Waals surface area (Å²) in [5.74, 6) is 0.421. The zero-order valence-corrected chi connectivity index (χ0v) is 19.2. The molecule has 0 spiro atoms. The molecule has 2 fully saturated rings. The lowest BCUT2D eigenvalue weighted by Crippen LogP contribution is -2.38. The lowest BCUT2D eigenvalue weighted by atomic mass is 9.98. The molecule has 1 amide bonds. The molecule has 3 aromatic rings. The summed E-state index contributed by atoms with van der Waals surface area (Å²) in [4.78, 5) is 22.2. The number of nitrogens with one attached hydrogen (secondary N) is 1. The van der Waals surface area contributed by atoms with Crippen molar-refractivity contribution in [2.45, 2.75) is 38.6 Å². The molecular formula is C24H26ClFN6O. The fraction of sp³-hybridized carbons (Fsp3) is 0.417. The summed E-state index contributed by atoms with van der Waals surface area (Å²) in [6.07, 6.45) is 7.09. The number of hydrogen-bond donors (Lipinski definition) is 1. The van der Waals surface area contributed by atoms with E-state index in [2.05, 4.69) is 4.90 Å². The van der Waals surface area contributed by atoms with Crippen LogP contribution in [0.2, 0.25) is 5.02 Å². The van der Waals surface area contributed by atoms with Gasteiger partial charge in [-0.2, -0.15) is 5.10 Å². The number of fused-ring (bicyclic) bond motifs is 1. The molecule has 2 unspecified atom stereocenters. The zero-order chi connectivity index (χ0) is 23.1. The first-order valence-corrected chi connectivity index (χ1v) is 11.7. The van der Waals surface area contributed by atoms with Gasteiger partial charge in [-0.1, -0.05) is 11.6 Å². The summed E-state index contributed by atoms with van der Waals surface area (Å²) >= 11 is 6.22. The van der Waals surface area contributed by atoms with Gasteiger partial charge in [-0.3, -0.25) is 4.79 Å². The normalized spacial score (nSPS) is 21.1. The third-order valence-corrected chi connectivity index (χ3v) is 6.98. The van der Waals surface area contributed by atoms with E-state index in [0.717, 1.165) is 61.5 Å². The van der Waals surface area contributed by atoms with Crippen LogP contribution in [0.15, 0.2) is 30.5 Å². The van der Waals surface area contributed by atoms with Crippen molar-refractivity contribution in [1.29, 1.82) is 5.41 Å². The van der Waals surface area contributed by atoms with Gasteiger partial charge in [0.05, 0.1) is 22.3 Å². The third kappa shape index (κ3) is 4.08. The number of carbonyl (C=O) groups excluding carboxylic acids is 1. The number of hydrogen-bond acceptors (Lipinski definition) is 5. The van der Waals surface area contributed by atoms with Crippen LogP contribution in [-0.4, -0.2) is 51.3 Å². The van der Waals surface area contributed by atoms with Gasteiger partial charge in [0.1, 0.15) is 11.6 Å². The molecule has 172 valence electrons. The van der Waals surface area contributed by atoms with Gasteiger partial charge >= 0.3 is 0 Å². The van der Waals surface area contributed by atoms with Crippen LogP contribution in [-0.2, 0) is 0 Å². The van der Waals surface area contributed by atoms with Gasteiger partial charge in [-0.05, 0) is 50.8 Å². The number of nitrogens with zero attached hydrogens (tertiary/aromatic N) is 5. The van der Waals surface area contributed by atoms with Crippen LogP contribution in [0, 0.1) is 24.1 Å². The number of amides is 1. The first-order chi connectivity index (χ1) is 15.9. The minimum absolute atomic E-state index is 0.179. The number of rotatable bonds is 4. The molecule has 0 radical (unpaired) electrons. The minimum Gasteiger partial charge on any atom is -0.356 e. The highest BCUT2D eigenvalue weighted by Crippen LogP contribution is 2.34. The van der Waals surface area contributed by atoms with Crippen LogP contribution in [0.3, 0.4) is 0 Å². The van der Waals surface area contributed by atoms with Crippen LogP contribution in [0.4, 0.5) is 10.2 Å². The van der Waals surface area contributed by atoms with Gasteiger partial charge in [0.15, 0.2) is 5.65 Å². The Labute approximate surface area is 196 Å². The molecule has 2 aliphatic heterocycles. The Bertz CT molecular complexity index is 1230. The number of aromatic nitrogens is 3. The first-order valence-electron chi connectivity index (χ1n) is 11.3. The highest BCUT2D eigenvalue weighted by molar-refractivity contribution is 6.33. The molecule has 0 aliphatic carbocycles. The number of aryl methyl sites for hydroxylation is 1. The second kappa shape index (κ2) is 8.74. The molecule has 4 heterocycles. The number of benzene rings is 1. The van der Waals surface area contributed by atoms with E-state index in [9.17, 15) is 9.18 Å². The fourth-order valence-corrected chi connectivity index (χ4v) is 5.11.